The molecule has 0 amide bonds. The molecule has 2 unspecified atom stereocenters. The van der Waals surface area contributed by atoms with Crippen LogP contribution in [0.1, 0.15) is 59.2 Å². The number of hydrogen-bond donors (Lipinski definition) is 1. The van der Waals surface area contributed by atoms with Crippen molar-refractivity contribution in [2.75, 3.05) is 0 Å². The molecule has 0 saturated carbocycles. The van der Waals surface area contributed by atoms with Crippen molar-refractivity contribution in [3.63, 3.8) is 0 Å². The first-order valence-corrected chi connectivity index (χ1v) is 7.50. The van der Waals surface area contributed by atoms with Crippen LogP contribution in [-0.4, -0.2) is 9.78 Å². The summed E-state index contributed by atoms with van der Waals surface area (Å²) in [5, 5.41) is 4.33. The van der Waals surface area contributed by atoms with Crippen LogP contribution >= 0.6 is 15.9 Å². The highest BCUT2D eigenvalue weighted by molar-refractivity contribution is 9.10. The maximum absolute atomic E-state index is 6.35. The molecule has 1 aromatic heterocycles. The van der Waals surface area contributed by atoms with Crippen LogP contribution in [0.25, 0.3) is 0 Å². The fourth-order valence-corrected chi connectivity index (χ4v) is 3.26. The fourth-order valence-electron chi connectivity index (χ4n) is 2.67. The van der Waals surface area contributed by atoms with Crippen LogP contribution in [0.3, 0.4) is 0 Å². The lowest BCUT2D eigenvalue weighted by Gasteiger charge is -2.25. The highest BCUT2D eigenvalue weighted by Gasteiger charge is 2.21. The molecule has 4 heteroatoms. The third-order valence-electron chi connectivity index (χ3n) is 3.10. The summed E-state index contributed by atoms with van der Waals surface area (Å²) in [6.07, 6.45) is 4.03. The average Bonchev–Trinajstić information content (AvgIpc) is 2.56. The summed E-state index contributed by atoms with van der Waals surface area (Å²) in [6, 6.07) is 0.0548. The Balaban J connectivity index is 2.70. The van der Waals surface area contributed by atoms with Gasteiger partial charge < -0.3 is 5.73 Å². The second kappa shape index (κ2) is 6.20. The Morgan fingerprint density at radius 3 is 2.56 bits per heavy atom. The first-order chi connectivity index (χ1) is 8.24. The minimum absolute atomic E-state index is 0.0548. The number of rotatable bonds is 5. The molecule has 0 aliphatic rings. The highest BCUT2D eigenvalue weighted by Crippen LogP contribution is 2.31. The van der Waals surface area contributed by atoms with E-state index in [0.717, 1.165) is 23.1 Å². The second-order valence-corrected chi connectivity index (χ2v) is 7.26. The lowest BCUT2D eigenvalue weighted by Crippen LogP contribution is -2.21. The van der Waals surface area contributed by atoms with E-state index < -0.39 is 0 Å². The third kappa shape index (κ3) is 4.39. The van der Waals surface area contributed by atoms with E-state index in [2.05, 4.69) is 55.6 Å². The van der Waals surface area contributed by atoms with E-state index in [1.165, 1.54) is 6.42 Å². The molecule has 104 valence electrons. The van der Waals surface area contributed by atoms with E-state index in [9.17, 15) is 0 Å². The Labute approximate surface area is 119 Å². The third-order valence-corrected chi connectivity index (χ3v) is 3.71. The van der Waals surface area contributed by atoms with Gasteiger partial charge in [0, 0.05) is 12.6 Å². The number of nitrogens with two attached hydrogens (primary N) is 1. The molecule has 18 heavy (non-hydrogen) atoms. The molecule has 0 saturated heterocycles. The Morgan fingerprint density at radius 1 is 1.44 bits per heavy atom. The molecular formula is C14H26BrN3. The summed E-state index contributed by atoms with van der Waals surface area (Å²) in [5.74, 6) is 0.618. The summed E-state index contributed by atoms with van der Waals surface area (Å²) in [4.78, 5) is 0. The maximum atomic E-state index is 6.35. The molecule has 2 atom stereocenters. The minimum Gasteiger partial charge on any atom is -0.323 e. The minimum atomic E-state index is 0.0548. The number of hydrogen-bond acceptors (Lipinski definition) is 2. The summed E-state index contributed by atoms with van der Waals surface area (Å²) >= 11 is 3.55. The zero-order valence-corrected chi connectivity index (χ0v) is 13.8. The van der Waals surface area contributed by atoms with Gasteiger partial charge >= 0.3 is 0 Å². The molecule has 1 aromatic rings. The maximum Gasteiger partial charge on any atom is 0.0693 e. The van der Waals surface area contributed by atoms with Crippen molar-refractivity contribution in [2.24, 2.45) is 17.1 Å². The molecule has 0 fully saturated rings. The van der Waals surface area contributed by atoms with Crippen molar-refractivity contribution in [3.8, 4) is 0 Å². The molecule has 0 radical (unpaired) electrons. The highest BCUT2D eigenvalue weighted by atomic mass is 79.9. The predicted molar refractivity (Wildman–Crippen MR) is 80.4 cm³/mol. The second-order valence-electron chi connectivity index (χ2n) is 6.41. The first-order valence-electron chi connectivity index (χ1n) is 6.71. The van der Waals surface area contributed by atoms with Gasteiger partial charge in [0.15, 0.2) is 0 Å². The van der Waals surface area contributed by atoms with Gasteiger partial charge in [0.25, 0.3) is 0 Å². The SMILES string of the molecule is CCn1ncc(Br)c1C(N)CC(C)CC(C)(C)C. The normalized spacial score (nSPS) is 15.7. The van der Waals surface area contributed by atoms with E-state index in [0.29, 0.717) is 11.3 Å². The van der Waals surface area contributed by atoms with Gasteiger partial charge in [-0.1, -0.05) is 27.7 Å². The molecule has 3 nitrogen and oxygen atoms in total. The van der Waals surface area contributed by atoms with Gasteiger partial charge in [0.05, 0.1) is 16.4 Å². The first kappa shape index (κ1) is 15.7. The Bertz CT molecular complexity index is 379. The molecule has 0 spiro atoms. The summed E-state index contributed by atoms with van der Waals surface area (Å²) < 4.78 is 3.01. The predicted octanol–water partition coefficient (Wildman–Crippen LogP) is 4.13. The number of nitrogens with zero attached hydrogens (tertiary/aromatic N) is 2. The van der Waals surface area contributed by atoms with Crippen LogP contribution in [0.15, 0.2) is 10.7 Å². The van der Waals surface area contributed by atoms with Crippen LogP contribution in [0.4, 0.5) is 0 Å². The van der Waals surface area contributed by atoms with E-state index in [4.69, 9.17) is 5.73 Å². The monoisotopic (exact) mass is 315 g/mol. The van der Waals surface area contributed by atoms with Gasteiger partial charge in [-0.2, -0.15) is 5.10 Å². The van der Waals surface area contributed by atoms with Crippen LogP contribution in [-0.2, 0) is 6.54 Å². The molecule has 0 bridgehead atoms. The smallest absolute Gasteiger partial charge is 0.0693 e. The zero-order valence-electron chi connectivity index (χ0n) is 12.2. The van der Waals surface area contributed by atoms with Crippen molar-refractivity contribution < 1.29 is 0 Å². The molecule has 2 N–H and O–H groups in total. The van der Waals surface area contributed by atoms with Gasteiger partial charge in [0.1, 0.15) is 0 Å². The van der Waals surface area contributed by atoms with Gasteiger partial charge in [-0.05, 0) is 47.0 Å². The summed E-state index contributed by atoms with van der Waals surface area (Å²) in [5.41, 5.74) is 7.83. The van der Waals surface area contributed by atoms with Crippen molar-refractivity contribution in [1.82, 2.24) is 9.78 Å². The van der Waals surface area contributed by atoms with Gasteiger partial charge in [-0.15, -0.1) is 0 Å². The topological polar surface area (TPSA) is 43.8 Å². The lowest BCUT2D eigenvalue weighted by atomic mass is 9.82. The number of aromatic nitrogens is 2. The van der Waals surface area contributed by atoms with E-state index in [-0.39, 0.29) is 6.04 Å². The van der Waals surface area contributed by atoms with Crippen molar-refractivity contribution in [2.45, 2.75) is 60.0 Å². The van der Waals surface area contributed by atoms with Crippen molar-refractivity contribution in [3.05, 3.63) is 16.4 Å². The molecule has 1 heterocycles. The average molecular weight is 316 g/mol. The Hall–Kier alpha value is -0.350. The Morgan fingerprint density at radius 2 is 2.06 bits per heavy atom. The number of halogens is 1. The fraction of sp³-hybridized carbons (Fsp3) is 0.786. The van der Waals surface area contributed by atoms with Crippen LogP contribution < -0.4 is 5.73 Å². The van der Waals surface area contributed by atoms with Gasteiger partial charge in [-0.3, -0.25) is 4.68 Å². The molecule has 0 aromatic carbocycles. The molecule has 0 aliphatic heterocycles. The van der Waals surface area contributed by atoms with Crippen LogP contribution in [0, 0.1) is 11.3 Å². The number of aryl methyl sites for hydroxylation is 1. The van der Waals surface area contributed by atoms with E-state index >= 15 is 0 Å². The largest absolute Gasteiger partial charge is 0.323 e. The standard InChI is InChI=1S/C14H26BrN3/c1-6-18-13(11(15)9-17-18)12(16)7-10(2)8-14(3,4)5/h9-10,12H,6-8,16H2,1-5H3. The Kier molecular flexibility index (Phi) is 5.41. The summed E-state index contributed by atoms with van der Waals surface area (Å²) in [7, 11) is 0. The quantitative estimate of drug-likeness (QED) is 0.887. The zero-order chi connectivity index (χ0) is 13.9. The van der Waals surface area contributed by atoms with Crippen molar-refractivity contribution in [1.29, 1.82) is 0 Å². The van der Waals surface area contributed by atoms with Crippen LogP contribution in [0.2, 0.25) is 0 Å². The molecular weight excluding hydrogens is 290 g/mol. The van der Waals surface area contributed by atoms with E-state index in [1.807, 2.05) is 10.9 Å². The van der Waals surface area contributed by atoms with E-state index in [1.54, 1.807) is 0 Å². The summed E-state index contributed by atoms with van der Waals surface area (Å²) in [6.45, 7) is 12.1. The molecule has 0 aliphatic carbocycles. The lowest BCUT2D eigenvalue weighted by molar-refractivity contribution is 0.283. The van der Waals surface area contributed by atoms with Gasteiger partial charge in [-0.25, -0.2) is 0 Å². The molecule has 1 rings (SSSR count). The van der Waals surface area contributed by atoms with Gasteiger partial charge in [0.2, 0.25) is 0 Å². The van der Waals surface area contributed by atoms with Crippen molar-refractivity contribution >= 4 is 15.9 Å². The van der Waals surface area contributed by atoms with Crippen LogP contribution in [0.5, 0.6) is 0 Å².